The highest BCUT2D eigenvalue weighted by Crippen LogP contribution is 2.17. The van der Waals surface area contributed by atoms with Gasteiger partial charge in [-0.25, -0.2) is 0 Å². The molecule has 6 heavy (non-hydrogen) atoms. The second-order valence-electron chi connectivity index (χ2n) is 0.781. The van der Waals surface area contributed by atoms with Crippen molar-refractivity contribution in [3.05, 3.63) is 4.43 Å². The van der Waals surface area contributed by atoms with E-state index in [9.17, 15) is 0 Å². The van der Waals surface area contributed by atoms with Crippen LogP contribution in [0.3, 0.4) is 0 Å². The van der Waals surface area contributed by atoms with Crippen LogP contribution in [-0.2, 0) is 0 Å². The summed E-state index contributed by atoms with van der Waals surface area (Å²) in [5.41, 5.74) is 0. The van der Waals surface area contributed by atoms with Crippen molar-refractivity contribution in [3.8, 4) is 0 Å². The molecule has 0 aromatic carbocycles. The quantitative estimate of drug-likeness (QED) is 0.475. The first kappa shape index (κ1) is 8.19. The predicted molar refractivity (Wildman–Crippen MR) is 54.8 cm³/mol. The van der Waals surface area contributed by atoms with Crippen molar-refractivity contribution in [2.45, 2.75) is 8.35 Å². The van der Waals surface area contributed by atoms with Gasteiger partial charge in [-0.2, -0.15) is 0 Å². The van der Waals surface area contributed by atoms with E-state index in [4.69, 9.17) is 0 Å². The van der Waals surface area contributed by atoms with E-state index in [1.165, 1.54) is 6.42 Å². The van der Waals surface area contributed by atoms with Gasteiger partial charge >= 0.3 is 0 Å². The molecule has 0 saturated carbocycles. The van der Waals surface area contributed by atoms with Gasteiger partial charge in [-0.05, 0) is 6.42 Å². The van der Waals surface area contributed by atoms with Crippen LogP contribution in [0, 0.1) is 4.43 Å². The summed E-state index contributed by atoms with van der Waals surface area (Å²) in [4.78, 5) is 0. The molecule has 0 aromatic heterocycles. The van der Waals surface area contributed by atoms with Gasteiger partial charge < -0.3 is 0 Å². The Morgan fingerprint density at radius 1 is 1.50 bits per heavy atom. The van der Waals surface area contributed by atoms with Gasteiger partial charge in [0.25, 0.3) is 0 Å². The highest BCUT2D eigenvalue weighted by molar-refractivity contribution is 14.2. The average molecular weight is 421 g/mol. The molecule has 0 saturated heterocycles. The molecule has 0 N–H and O–H groups in total. The Labute approximate surface area is 79.3 Å². The molecule has 0 aromatic rings. The Hall–Kier alpha value is 2.19. The normalized spacial score (nSPS) is 10.0. The highest BCUT2D eigenvalue weighted by Gasteiger charge is 1.91. The fraction of sp³-hybridized carbons (Fsp3) is 0.667. The molecule has 0 spiro atoms. The number of alkyl halides is 2. The van der Waals surface area contributed by atoms with E-state index in [1.54, 1.807) is 0 Å². The molecular weight excluding hydrogens is 417 g/mol. The molecular formula is C3H4I3. The molecule has 0 rings (SSSR count). The lowest BCUT2D eigenvalue weighted by Crippen LogP contribution is -1.77. The fourth-order valence-electron chi connectivity index (χ4n) is 0.0673. The van der Waals surface area contributed by atoms with Gasteiger partial charge in [0, 0.05) is 4.43 Å². The zero-order valence-electron chi connectivity index (χ0n) is 3.00. The van der Waals surface area contributed by atoms with Gasteiger partial charge in [0.15, 0.2) is 0 Å². The van der Waals surface area contributed by atoms with Crippen molar-refractivity contribution < 1.29 is 0 Å². The first-order valence-corrected chi connectivity index (χ1v) is 5.21. The Balaban J connectivity index is 2.63. The first-order chi connectivity index (χ1) is 2.77. The van der Waals surface area contributed by atoms with Gasteiger partial charge in [-0.15, -0.1) is 0 Å². The third-order valence-electron chi connectivity index (χ3n) is 0.267. The van der Waals surface area contributed by atoms with Crippen molar-refractivity contribution >= 4 is 67.8 Å². The molecule has 0 unspecified atom stereocenters. The minimum atomic E-state index is 0.775. The first-order valence-electron chi connectivity index (χ1n) is 1.47. The van der Waals surface area contributed by atoms with Crippen molar-refractivity contribution in [2.24, 2.45) is 0 Å². The van der Waals surface area contributed by atoms with Gasteiger partial charge in [-0.1, -0.05) is 67.8 Å². The van der Waals surface area contributed by atoms with Crippen molar-refractivity contribution in [2.75, 3.05) is 0 Å². The van der Waals surface area contributed by atoms with Crippen LogP contribution in [-0.4, -0.2) is 1.93 Å². The molecule has 37 valence electrons. The molecule has 0 bridgehead atoms. The summed E-state index contributed by atoms with van der Waals surface area (Å²) in [5.74, 6) is 0. The summed E-state index contributed by atoms with van der Waals surface area (Å²) in [7, 11) is 0. The van der Waals surface area contributed by atoms with E-state index in [0.717, 1.165) is 1.93 Å². The minimum Gasteiger partial charge on any atom is -0.0814 e. The van der Waals surface area contributed by atoms with E-state index in [2.05, 4.69) is 72.2 Å². The molecule has 3 heteroatoms. The van der Waals surface area contributed by atoms with E-state index < -0.39 is 0 Å². The topological polar surface area (TPSA) is 0 Å². The molecule has 0 heterocycles. The van der Waals surface area contributed by atoms with Gasteiger partial charge in [-0.3, -0.25) is 0 Å². The Morgan fingerprint density at radius 3 is 2.00 bits per heavy atom. The maximum absolute atomic E-state index is 2.39. The summed E-state index contributed by atoms with van der Waals surface area (Å²) in [5, 5.41) is 0. The number of rotatable bonds is 2. The summed E-state index contributed by atoms with van der Waals surface area (Å²) in [6.45, 7) is 0. The van der Waals surface area contributed by atoms with E-state index >= 15 is 0 Å². The van der Waals surface area contributed by atoms with Crippen LogP contribution in [0.25, 0.3) is 0 Å². The van der Waals surface area contributed by atoms with E-state index in [-0.39, 0.29) is 0 Å². The third kappa shape index (κ3) is 6.19. The van der Waals surface area contributed by atoms with Crippen molar-refractivity contribution in [1.82, 2.24) is 0 Å². The molecule has 1 radical (unpaired) electrons. The van der Waals surface area contributed by atoms with Gasteiger partial charge in [0.1, 0.15) is 0 Å². The lowest BCUT2D eigenvalue weighted by molar-refractivity contribution is 1.24. The average Bonchev–Trinajstić information content (AvgIpc) is 1.35. The smallest absolute Gasteiger partial charge is 0.0637 e. The molecule has 0 nitrogen and oxygen atoms in total. The monoisotopic (exact) mass is 421 g/mol. The molecule has 0 amide bonds. The summed E-state index contributed by atoms with van der Waals surface area (Å²) < 4.78 is 2.93. The van der Waals surface area contributed by atoms with Gasteiger partial charge in [0.2, 0.25) is 0 Å². The molecule has 0 aliphatic heterocycles. The zero-order chi connectivity index (χ0) is 4.99. The minimum absolute atomic E-state index is 0.775. The second-order valence-corrected chi connectivity index (χ2v) is 7.05. The maximum Gasteiger partial charge on any atom is 0.0637 e. The number of halogens is 3. The molecule has 0 aliphatic carbocycles. The zero-order valence-corrected chi connectivity index (χ0v) is 9.47. The number of hydrogen-bond acceptors (Lipinski definition) is 0. The largest absolute Gasteiger partial charge is 0.0814 e. The third-order valence-corrected chi connectivity index (χ3v) is 1.79. The fourth-order valence-corrected chi connectivity index (χ4v) is 3.03. The van der Waals surface area contributed by atoms with Gasteiger partial charge in [0.05, 0.1) is 1.93 Å². The van der Waals surface area contributed by atoms with Crippen LogP contribution < -0.4 is 0 Å². The maximum atomic E-state index is 2.39. The lowest BCUT2D eigenvalue weighted by atomic mass is 10.6. The summed E-state index contributed by atoms with van der Waals surface area (Å²) in [6, 6.07) is 0. The number of hydrogen-bond donors (Lipinski definition) is 0. The second kappa shape index (κ2) is 5.33. The Bertz CT molecular complexity index is 27.2. The predicted octanol–water partition coefficient (Wildman–Crippen LogP) is 3.17. The standard InChI is InChI=1S/C3H4I3/c4-2-1-3(5)6/h2-3H,1H2. The highest BCUT2D eigenvalue weighted by atomic mass is 127. The molecule has 0 fully saturated rings. The molecule has 0 aliphatic rings. The summed E-state index contributed by atoms with van der Waals surface area (Å²) >= 11 is 7.05. The van der Waals surface area contributed by atoms with Crippen LogP contribution in [0.4, 0.5) is 0 Å². The SMILES string of the molecule is I[CH]CC(I)I. The van der Waals surface area contributed by atoms with Crippen LogP contribution in [0.15, 0.2) is 0 Å². The van der Waals surface area contributed by atoms with Crippen molar-refractivity contribution in [1.29, 1.82) is 0 Å². The lowest BCUT2D eigenvalue weighted by Gasteiger charge is -1.90. The summed E-state index contributed by atoms with van der Waals surface area (Å²) in [6.07, 6.45) is 1.21. The Morgan fingerprint density at radius 2 is 2.00 bits per heavy atom. The van der Waals surface area contributed by atoms with Crippen LogP contribution in [0.2, 0.25) is 0 Å². The van der Waals surface area contributed by atoms with E-state index in [0.29, 0.717) is 0 Å². The van der Waals surface area contributed by atoms with Crippen LogP contribution in [0.5, 0.6) is 0 Å². The van der Waals surface area contributed by atoms with Crippen LogP contribution >= 0.6 is 67.8 Å². The molecule has 0 atom stereocenters. The van der Waals surface area contributed by atoms with E-state index in [1.807, 2.05) is 0 Å². The van der Waals surface area contributed by atoms with Crippen LogP contribution in [0.1, 0.15) is 6.42 Å². The Kier molecular flexibility index (Phi) is 7.27. The van der Waals surface area contributed by atoms with Crippen molar-refractivity contribution in [3.63, 3.8) is 0 Å².